The first-order valence-electron chi connectivity index (χ1n) is 8.53. The molecule has 24 heavy (non-hydrogen) atoms. The first kappa shape index (κ1) is 18.2. The Labute approximate surface area is 142 Å². The number of piperidine rings is 1. The van der Waals surface area contributed by atoms with E-state index in [1.165, 1.54) is 12.1 Å². The molecule has 2 unspecified atom stereocenters. The first-order chi connectivity index (χ1) is 11.5. The van der Waals surface area contributed by atoms with Gasteiger partial charge in [-0.3, -0.25) is 4.79 Å². The van der Waals surface area contributed by atoms with Gasteiger partial charge in [0.1, 0.15) is 5.82 Å². The van der Waals surface area contributed by atoms with Gasteiger partial charge in [0.25, 0.3) is 5.91 Å². The highest BCUT2D eigenvalue weighted by Gasteiger charge is 2.24. The number of nitrogens with zero attached hydrogens (tertiary/aromatic N) is 1. The van der Waals surface area contributed by atoms with Crippen LogP contribution in [-0.4, -0.2) is 43.0 Å². The molecule has 3 amide bonds. The molecule has 0 radical (unpaired) electrons. The highest BCUT2D eigenvalue weighted by atomic mass is 19.1. The molecule has 0 aliphatic carbocycles. The number of urea groups is 1. The van der Waals surface area contributed by atoms with Gasteiger partial charge in [0.15, 0.2) is 0 Å². The van der Waals surface area contributed by atoms with Gasteiger partial charge in [-0.1, -0.05) is 26.0 Å². The smallest absolute Gasteiger partial charge is 0.317 e. The summed E-state index contributed by atoms with van der Waals surface area (Å²) in [5, 5.41) is 5.54. The van der Waals surface area contributed by atoms with E-state index < -0.39 is 11.7 Å². The van der Waals surface area contributed by atoms with Crippen molar-refractivity contribution in [2.45, 2.75) is 26.7 Å². The second kappa shape index (κ2) is 8.66. The molecule has 0 spiro atoms. The van der Waals surface area contributed by atoms with Crippen LogP contribution in [-0.2, 0) is 0 Å². The van der Waals surface area contributed by atoms with Crippen molar-refractivity contribution in [1.29, 1.82) is 0 Å². The Morgan fingerprint density at radius 3 is 2.42 bits per heavy atom. The normalized spacial score (nSPS) is 20.5. The third kappa shape index (κ3) is 5.22. The third-order valence-electron chi connectivity index (χ3n) is 4.19. The minimum absolute atomic E-state index is 0.0397. The Morgan fingerprint density at radius 2 is 1.75 bits per heavy atom. The topological polar surface area (TPSA) is 61.4 Å². The standard InChI is InChI=1S/C18H26FN3O2/c1-13-10-14(2)12-22(11-13)18(24)21-9-5-8-20-17(23)15-6-3-4-7-16(15)19/h3-4,6-7,13-14H,5,8-12H2,1-2H3,(H,20,23)(H,21,24). The van der Waals surface area contributed by atoms with Gasteiger partial charge in [-0.2, -0.15) is 0 Å². The molecule has 132 valence electrons. The second-order valence-corrected chi connectivity index (χ2v) is 6.67. The van der Waals surface area contributed by atoms with E-state index in [-0.39, 0.29) is 11.6 Å². The molecule has 1 fully saturated rings. The Morgan fingerprint density at radius 1 is 1.12 bits per heavy atom. The van der Waals surface area contributed by atoms with E-state index >= 15 is 0 Å². The van der Waals surface area contributed by atoms with E-state index in [1.807, 2.05) is 4.90 Å². The number of rotatable bonds is 5. The molecular weight excluding hydrogens is 309 g/mol. The van der Waals surface area contributed by atoms with Crippen LogP contribution in [0.25, 0.3) is 0 Å². The highest BCUT2D eigenvalue weighted by molar-refractivity contribution is 5.94. The lowest BCUT2D eigenvalue weighted by Gasteiger charge is -2.34. The molecule has 2 N–H and O–H groups in total. The average Bonchev–Trinajstić information content (AvgIpc) is 2.53. The van der Waals surface area contributed by atoms with Crippen LogP contribution >= 0.6 is 0 Å². The Kier molecular flexibility index (Phi) is 6.58. The van der Waals surface area contributed by atoms with E-state index in [1.54, 1.807) is 12.1 Å². The van der Waals surface area contributed by atoms with Gasteiger partial charge in [0, 0.05) is 26.2 Å². The second-order valence-electron chi connectivity index (χ2n) is 6.67. The molecule has 2 rings (SSSR count). The minimum atomic E-state index is -0.531. The van der Waals surface area contributed by atoms with Crippen molar-refractivity contribution >= 4 is 11.9 Å². The van der Waals surface area contributed by atoms with Crippen LogP contribution in [0.1, 0.15) is 37.0 Å². The fourth-order valence-electron chi connectivity index (χ4n) is 3.17. The van der Waals surface area contributed by atoms with Crippen LogP contribution in [0, 0.1) is 17.7 Å². The van der Waals surface area contributed by atoms with E-state index in [4.69, 9.17) is 0 Å². The molecule has 1 aromatic carbocycles. The molecule has 5 nitrogen and oxygen atoms in total. The maximum atomic E-state index is 13.5. The lowest BCUT2D eigenvalue weighted by molar-refractivity contribution is 0.0949. The molecule has 2 atom stereocenters. The Balaban J connectivity index is 1.65. The highest BCUT2D eigenvalue weighted by Crippen LogP contribution is 2.20. The van der Waals surface area contributed by atoms with Crippen molar-refractivity contribution in [2.24, 2.45) is 11.8 Å². The summed E-state index contributed by atoms with van der Waals surface area (Å²) in [6.45, 7) is 6.78. The summed E-state index contributed by atoms with van der Waals surface area (Å²) in [5.41, 5.74) is 0.0397. The zero-order valence-corrected chi connectivity index (χ0v) is 14.3. The van der Waals surface area contributed by atoms with Crippen LogP contribution in [0.2, 0.25) is 0 Å². The third-order valence-corrected chi connectivity index (χ3v) is 4.19. The van der Waals surface area contributed by atoms with Crippen LogP contribution in [0.15, 0.2) is 24.3 Å². The van der Waals surface area contributed by atoms with Crippen molar-refractivity contribution < 1.29 is 14.0 Å². The van der Waals surface area contributed by atoms with Gasteiger partial charge >= 0.3 is 6.03 Å². The number of benzene rings is 1. The summed E-state index contributed by atoms with van der Waals surface area (Å²) >= 11 is 0. The molecule has 1 aliphatic heterocycles. The number of hydrogen-bond donors (Lipinski definition) is 2. The zero-order valence-electron chi connectivity index (χ0n) is 14.3. The summed E-state index contributed by atoms with van der Waals surface area (Å²) < 4.78 is 13.5. The molecule has 1 aliphatic rings. The van der Waals surface area contributed by atoms with E-state index in [0.717, 1.165) is 19.5 Å². The van der Waals surface area contributed by atoms with Gasteiger partial charge in [0.2, 0.25) is 0 Å². The SMILES string of the molecule is CC1CC(C)CN(C(=O)NCCCNC(=O)c2ccccc2F)C1. The van der Waals surface area contributed by atoms with E-state index in [2.05, 4.69) is 24.5 Å². The van der Waals surface area contributed by atoms with Crippen LogP contribution in [0.4, 0.5) is 9.18 Å². The van der Waals surface area contributed by atoms with Crippen LogP contribution < -0.4 is 10.6 Å². The van der Waals surface area contributed by atoms with Crippen molar-refractivity contribution in [1.82, 2.24) is 15.5 Å². The molecule has 1 aromatic rings. The predicted molar refractivity (Wildman–Crippen MR) is 91.3 cm³/mol. The number of amides is 3. The largest absolute Gasteiger partial charge is 0.352 e. The van der Waals surface area contributed by atoms with E-state index in [9.17, 15) is 14.0 Å². The number of nitrogens with one attached hydrogen (secondary N) is 2. The average molecular weight is 335 g/mol. The van der Waals surface area contributed by atoms with Crippen molar-refractivity contribution in [3.63, 3.8) is 0 Å². The van der Waals surface area contributed by atoms with Gasteiger partial charge in [-0.15, -0.1) is 0 Å². The summed E-state index contributed by atoms with van der Waals surface area (Å²) in [5.74, 6) is 0.0915. The maximum absolute atomic E-state index is 13.5. The molecule has 1 saturated heterocycles. The van der Waals surface area contributed by atoms with Crippen LogP contribution in [0.3, 0.4) is 0 Å². The summed E-state index contributed by atoms with van der Waals surface area (Å²) in [6, 6.07) is 5.83. The number of likely N-dealkylation sites (tertiary alicyclic amines) is 1. The zero-order chi connectivity index (χ0) is 17.5. The van der Waals surface area contributed by atoms with Gasteiger partial charge in [-0.25, -0.2) is 9.18 Å². The predicted octanol–water partition coefficient (Wildman–Crippen LogP) is 2.63. The fourth-order valence-corrected chi connectivity index (χ4v) is 3.17. The lowest BCUT2D eigenvalue weighted by atomic mass is 9.92. The Bertz CT molecular complexity index is 569. The maximum Gasteiger partial charge on any atom is 0.317 e. The number of halogens is 1. The fraction of sp³-hybridized carbons (Fsp3) is 0.556. The molecule has 6 heteroatoms. The number of carbonyl (C=O) groups is 2. The monoisotopic (exact) mass is 335 g/mol. The van der Waals surface area contributed by atoms with Crippen molar-refractivity contribution in [3.8, 4) is 0 Å². The summed E-state index contributed by atoms with van der Waals surface area (Å²) in [4.78, 5) is 25.8. The summed E-state index contributed by atoms with van der Waals surface area (Å²) in [7, 11) is 0. The molecule has 0 bridgehead atoms. The quantitative estimate of drug-likeness (QED) is 0.813. The van der Waals surface area contributed by atoms with Crippen molar-refractivity contribution in [3.05, 3.63) is 35.6 Å². The minimum Gasteiger partial charge on any atom is -0.352 e. The first-order valence-corrected chi connectivity index (χ1v) is 8.53. The molecule has 0 saturated carbocycles. The number of hydrogen-bond acceptors (Lipinski definition) is 2. The molecule has 1 heterocycles. The molecule has 0 aromatic heterocycles. The summed E-state index contributed by atoms with van der Waals surface area (Å²) in [6.07, 6.45) is 1.76. The van der Waals surface area contributed by atoms with Gasteiger partial charge < -0.3 is 15.5 Å². The number of carbonyl (C=O) groups excluding carboxylic acids is 2. The van der Waals surface area contributed by atoms with Crippen molar-refractivity contribution in [2.75, 3.05) is 26.2 Å². The van der Waals surface area contributed by atoms with Gasteiger partial charge in [0.05, 0.1) is 5.56 Å². The van der Waals surface area contributed by atoms with Crippen LogP contribution in [0.5, 0.6) is 0 Å². The van der Waals surface area contributed by atoms with E-state index in [0.29, 0.717) is 31.3 Å². The Hall–Kier alpha value is -2.11. The lowest BCUT2D eigenvalue weighted by Crippen LogP contribution is -2.47. The van der Waals surface area contributed by atoms with Gasteiger partial charge in [-0.05, 0) is 36.8 Å². The molecular formula is C18H26FN3O2.